The van der Waals surface area contributed by atoms with Crippen LogP contribution in [-0.2, 0) is 30.4 Å². The second-order valence-corrected chi connectivity index (χ2v) is 9.62. The monoisotopic (exact) mass is 580 g/mol. The lowest BCUT2D eigenvalue weighted by molar-refractivity contribution is -0.155. The van der Waals surface area contributed by atoms with Crippen molar-refractivity contribution in [3.8, 4) is 0 Å². The molecule has 1 aliphatic rings. The largest absolute Gasteiger partial charge is 0.461 e. The summed E-state index contributed by atoms with van der Waals surface area (Å²) in [5.74, 6) is -3.28. The van der Waals surface area contributed by atoms with Crippen LogP contribution in [0.3, 0.4) is 0 Å². The van der Waals surface area contributed by atoms with Gasteiger partial charge in [-0.25, -0.2) is 14.4 Å². The Morgan fingerprint density at radius 2 is 1.78 bits per heavy atom. The van der Waals surface area contributed by atoms with Crippen molar-refractivity contribution in [2.24, 2.45) is 5.92 Å². The molecule has 1 saturated heterocycles. The van der Waals surface area contributed by atoms with Gasteiger partial charge in [-0.15, -0.1) is 0 Å². The number of benzene rings is 1. The van der Waals surface area contributed by atoms with E-state index < -0.39 is 84.2 Å². The van der Waals surface area contributed by atoms with Gasteiger partial charge in [-0.1, -0.05) is 50.6 Å². The number of halogens is 1. The first-order chi connectivity index (χ1) is 19.4. The van der Waals surface area contributed by atoms with Gasteiger partial charge < -0.3 is 35.1 Å². The third kappa shape index (κ3) is 7.99. The third-order valence-electron chi connectivity index (χ3n) is 6.63. The maximum atomic E-state index is 13.7. The lowest BCUT2D eigenvalue weighted by atomic mass is 9.99. The molecule has 41 heavy (non-hydrogen) atoms. The first kappa shape index (κ1) is 31.4. The van der Waals surface area contributed by atoms with E-state index in [0.29, 0.717) is 17.2 Å². The number of hydrogen-bond acceptors (Lipinski definition) is 10. The Morgan fingerprint density at radius 1 is 1.10 bits per heavy atom. The molecule has 0 aliphatic carbocycles. The van der Waals surface area contributed by atoms with Crippen LogP contribution in [0.5, 0.6) is 0 Å². The van der Waals surface area contributed by atoms with Crippen molar-refractivity contribution in [1.29, 1.82) is 0 Å². The molecule has 5 N–H and O–H groups in total. The number of H-pyrrole nitrogens is 1. The SMILES string of the molecule is CC[C@H](C)[C@H](NC(=O)[C@H](C)NC(=O)OCc1ccccc1)C(=O)OC[C@@H]1O[C@H](n2cc(F)c(=O)[nH]c2=O)C(O)C1O. The molecule has 2 amide bonds. The van der Waals surface area contributed by atoms with Gasteiger partial charge in [0.2, 0.25) is 11.7 Å². The number of nitrogens with one attached hydrogen (secondary N) is 3. The second-order valence-electron chi connectivity index (χ2n) is 9.62. The lowest BCUT2D eigenvalue weighted by Gasteiger charge is -2.25. The molecule has 1 aromatic carbocycles. The Hall–Kier alpha value is -4.08. The van der Waals surface area contributed by atoms with Crippen LogP contribution in [0, 0.1) is 11.7 Å². The van der Waals surface area contributed by atoms with E-state index in [2.05, 4.69) is 10.6 Å². The van der Waals surface area contributed by atoms with Crippen molar-refractivity contribution in [3.63, 3.8) is 0 Å². The molecule has 2 heterocycles. The van der Waals surface area contributed by atoms with Crippen molar-refractivity contribution in [3.05, 3.63) is 68.7 Å². The topological polar surface area (TPSA) is 198 Å². The van der Waals surface area contributed by atoms with Gasteiger partial charge >= 0.3 is 17.8 Å². The van der Waals surface area contributed by atoms with Crippen LogP contribution >= 0.6 is 0 Å². The van der Waals surface area contributed by atoms with E-state index >= 15 is 0 Å². The zero-order chi connectivity index (χ0) is 30.3. The summed E-state index contributed by atoms with van der Waals surface area (Å²) in [6.45, 7) is 4.29. The summed E-state index contributed by atoms with van der Waals surface area (Å²) in [6.07, 6.45) is -6.11. The Kier molecular flexibility index (Phi) is 10.7. The van der Waals surface area contributed by atoms with Crippen LogP contribution in [0.2, 0.25) is 0 Å². The molecule has 0 radical (unpaired) electrons. The zero-order valence-corrected chi connectivity index (χ0v) is 22.6. The minimum Gasteiger partial charge on any atom is -0.461 e. The first-order valence-corrected chi connectivity index (χ1v) is 12.9. The molecule has 2 unspecified atom stereocenters. The van der Waals surface area contributed by atoms with Crippen LogP contribution in [0.25, 0.3) is 0 Å². The summed E-state index contributed by atoms with van der Waals surface area (Å²) in [4.78, 5) is 62.8. The number of esters is 1. The van der Waals surface area contributed by atoms with Gasteiger partial charge in [-0.2, -0.15) is 4.39 Å². The predicted molar refractivity (Wildman–Crippen MR) is 139 cm³/mol. The number of alkyl carbamates (subject to hydrolysis) is 1. The smallest absolute Gasteiger partial charge is 0.408 e. The van der Waals surface area contributed by atoms with Crippen molar-refractivity contribution < 1.29 is 43.2 Å². The number of aromatic nitrogens is 2. The molecular weight excluding hydrogens is 547 g/mol. The molecule has 3 rings (SSSR count). The van der Waals surface area contributed by atoms with Crippen molar-refractivity contribution in [2.75, 3.05) is 6.61 Å². The number of carbonyl (C=O) groups is 3. The molecule has 0 bridgehead atoms. The minimum atomic E-state index is -1.72. The Bertz CT molecular complexity index is 1330. The van der Waals surface area contributed by atoms with E-state index in [-0.39, 0.29) is 6.61 Å². The average molecular weight is 581 g/mol. The number of aliphatic hydroxyl groups excluding tert-OH is 2. The number of aliphatic hydroxyl groups is 2. The molecule has 7 atom stereocenters. The highest BCUT2D eigenvalue weighted by Gasteiger charge is 2.45. The van der Waals surface area contributed by atoms with E-state index in [9.17, 15) is 38.6 Å². The molecule has 1 fully saturated rings. The highest BCUT2D eigenvalue weighted by atomic mass is 19.1. The molecule has 15 heteroatoms. The predicted octanol–water partition coefficient (Wildman–Crippen LogP) is -0.316. The van der Waals surface area contributed by atoms with Gasteiger partial charge in [0.05, 0.1) is 6.20 Å². The third-order valence-corrected chi connectivity index (χ3v) is 6.63. The van der Waals surface area contributed by atoms with E-state index in [4.69, 9.17) is 14.2 Å². The van der Waals surface area contributed by atoms with Crippen molar-refractivity contribution in [2.45, 2.75) is 70.4 Å². The Balaban J connectivity index is 1.57. The molecule has 2 aromatic rings. The van der Waals surface area contributed by atoms with Crippen LogP contribution in [-0.4, -0.2) is 74.7 Å². The first-order valence-electron chi connectivity index (χ1n) is 12.9. The number of ether oxygens (including phenoxy) is 3. The summed E-state index contributed by atoms with van der Waals surface area (Å²) in [5.41, 5.74) is -1.60. The van der Waals surface area contributed by atoms with Crippen LogP contribution in [0.4, 0.5) is 9.18 Å². The number of nitrogens with zero attached hydrogens (tertiary/aromatic N) is 1. The fraction of sp³-hybridized carbons (Fsp3) is 0.500. The Labute approximate surface area is 233 Å². The number of aromatic amines is 1. The fourth-order valence-corrected chi connectivity index (χ4v) is 3.96. The molecule has 1 aromatic heterocycles. The summed E-state index contributed by atoms with van der Waals surface area (Å²) in [7, 11) is 0. The molecule has 14 nitrogen and oxygen atoms in total. The number of amides is 2. The lowest BCUT2D eigenvalue weighted by Crippen LogP contribution is -2.53. The van der Waals surface area contributed by atoms with E-state index in [1.165, 1.54) is 6.92 Å². The molecule has 0 saturated carbocycles. The van der Waals surface area contributed by atoms with Crippen molar-refractivity contribution >= 4 is 18.0 Å². The van der Waals surface area contributed by atoms with Crippen LogP contribution in [0.1, 0.15) is 39.0 Å². The van der Waals surface area contributed by atoms with Gasteiger partial charge in [0.1, 0.15) is 43.6 Å². The quantitative estimate of drug-likeness (QED) is 0.220. The number of hydrogen-bond donors (Lipinski definition) is 5. The molecule has 1 aliphatic heterocycles. The van der Waals surface area contributed by atoms with Crippen LogP contribution < -0.4 is 21.9 Å². The summed E-state index contributed by atoms with van der Waals surface area (Å²) < 4.78 is 30.0. The van der Waals surface area contributed by atoms with Gasteiger partial charge in [0.15, 0.2) is 6.23 Å². The maximum Gasteiger partial charge on any atom is 0.408 e. The summed E-state index contributed by atoms with van der Waals surface area (Å²) in [5, 5.41) is 25.6. The molecule has 0 spiro atoms. The number of carbonyl (C=O) groups excluding carboxylic acids is 3. The summed E-state index contributed by atoms with van der Waals surface area (Å²) >= 11 is 0. The van der Waals surface area contributed by atoms with Crippen LogP contribution in [0.15, 0.2) is 46.1 Å². The normalized spacial score (nSPS) is 22.3. The van der Waals surface area contributed by atoms with Gasteiger partial charge in [0, 0.05) is 0 Å². The van der Waals surface area contributed by atoms with Gasteiger partial charge in [0.25, 0.3) is 5.56 Å². The second kappa shape index (κ2) is 14.0. The highest BCUT2D eigenvalue weighted by molar-refractivity contribution is 5.89. The standard InChI is InChI=1S/C26H33FN4O10/c1-4-13(2)18(29-21(34)14(3)28-26(38)40-11-15-8-6-5-7-9-15)24(36)39-12-17-19(32)20(33)23(41-17)31-10-16(27)22(35)30-25(31)37/h5-10,13-14,17-20,23,32-33H,4,11-12H2,1-3H3,(H,28,38)(H,29,34)(H,30,35,37)/t13-,14-,17-,18-,19?,20?,23-/m0/s1. The van der Waals surface area contributed by atoms with E-state index in [0.717, 1.165) is 5.56 Å². The molecular formula is C26H33FN4O10. The Morgan fingerprint density at radius 3 is 2.44 bits per heavy atom. The van der Waals surface area contributed by atoms with Gasteiger partial charge in [-0.3, -0.25) is 19.1 Å². The summed E-state index contributed by atoms with van der Waals surface area (Å²) in [6, 6.07) is 6.72. The van der Waals surface area contributed by atoms with Crippen molar-refractivity contribution in [1.82, 2.24) is 20.2 Å². The maximum absolute atomic E-state index is 13.7. The average Bonchev–Trinajstić information content (AvgIpc) is 3.23. The van der Waals surface area contributed by atoms with E-state index in [1.807, 2.05) is 6.07 Å². The number of rotatable bonds is 11. The zero-order valence-electron chi connectivity index (χ0n) is 22.6. The highest BCUT2D eigenvalue weighted by Crippen LogP contribution is 2.28. The molecule has 224 valence electrons. The van der Waals surface area contributed by atoms with Gasteiger partial charge in [-0.05, 0) is 18.4 Å². The minimum absolute atomic E-state index is 0.000735. The fourth-order valence-electron chi connectivity index (χ4n) is 3.96. The van der Waals surface area contributed by atoms with E-state index in [1.54, 1.807) is 43.1 Å².